The highest BCUT2D eigenvalue weighted by molar-refractivity contribution is 5.79. The lowest BCUT2D eigenvalue weighted by atomic mass is 9.39. The lowest BCUT2D eigenvalue weighted by Crippen LogP contribution is -2.78. The number of hydrogen-bond donors (Lipinski definition) is 1. The van der Waals surface area contributed by atoms with Crippen LogP contribution in [0.1, 0.15) is 25.7 Å². The third-order valence-corrected chi connectivity index (χ3v) is 3.28. The third-order valence-electron chi connectivity index (χ3n) is 3.28. The fourth-order valence-electron chi connectivity index (χ4n) is 2.63. The maximum Gasteiger partial charge on any atom is 0.394 e. The molecule has 0 unspecified atom stereocenters. The molecule has 3 fully saturated rings. The van der Waals surface area contributed by atoms with Gasteiger partial charge in [-0.1, -0.05) is 0 Å². The second-order valence-electron chi connectivity index (χ2n) is 4.47. The largest absolute Gasteiger partial charge is 0.394 e. The molecule has 0 aromatic rings. The molecular formula is C9H9F3N2O. The topological polar surface area (TPSA) is 52.9 Å². The van der Waals surface area contributed by atoms with Gasteiger partial charge in [0.1, 0.15) is 6.42 Å². The summed E-state index contributed by atoms with van der Waals surface area (Å²) in [7, 11) is 0. The van der Waals surface area contributed by atoms with Crippen molar-refractivity contribution in [2.75, 3.05) is 0 Å². The van der Waals surface area contributed by atoms with E-state index >= 15 is 0 Å². The number of nitrogens with zero attached hydrogens (tertiary/aromatic N) is 1. The molecule has 3 rings (SSSR count). The van der Waals surface area contributed by atoms with Crippen molar-refractivity contribution in [3.8, 4) is 6.07 Å². The summed E-state index contributed by atoms with van der Waals surface area (Å²) < 4.78 is 37.2. The van der Waals surface area contributed by atoms with Crippen molar-refractivity contribution in [3.05, 3.63) is 0 Å². The Labute approximate surface area is 84.2 Å². The van der Waals surface area contributed by atoms with Gasteiger partial charge in [-0.3, -0.25) is 4.79 Å². The van der Waals surface area contributed by atoms with Gasteiger partial charge in [-0.2, -0.15) is 18.4 Å². The van der Waals surface area contributed by atoms with E-state index in [0.717, 1.165) is 0 Å². The van der Waals surface area contributed by atoms with Crippen LogP contribution in [0.15, 0.2) is 0 Å². The average molecular weight is 218 g/mol. The molecule has 0 atom stereocenters. The van der Waals surface area contributed by atoms with E-state index in [-0.39, 0.29) is 25.7 Å². The molecule has 2 bridgehead atoms. The Bertz CT molecular complexity index is 336. The van der Waals surface area contributed by atoms with Crippen molar-refractivity contribution >= 4 is 5.91 Å². The van der Waals surface area contributed by atoms with Crippen LogP contribution >= 0.6 is 0 Å². The highest BCUT2D eigenvalue weighted by Gasteiger charge is 2.78. The Morgan fingerprint density at radius 3 is 2.33 bits per heavy atom. The number of hydrogen-bond acceptors (Lipinski definition) is 2. The summed E-state index contributed by atoms with van der Waals surface area (Å²) in [5.74, 6) is -0.479. The summed E-state index contributed by atoms with van der Waals surface area (Å²) in [6.45, 7) is 0. The molecule has 3 aliphatic carbocycles. The highest BCUT2D eigenvalue weighted by Crippen LogP contribution is 2.73. The van der Waals surface area contributed by atoms with Crippen LogP contribution in [0.25, 0.3) is 0 Å². The van der Waals surface area contributed by atoms with Crippen molar-refractivity contribution < 1.29 is 18.0 Å². The summed E-state index contributed by atoms with van der Waals surface area (Å²) in [6, 6.07) is 1.66. The van der Waals surface area contributed by atoms with E-state index in [1.807, 2.05) is 0 Å². The number of alkyl halides is 3. The van der Waals surface area contributed by atoms with Gasteiger partial charge >= 0.3 is 6.18 Å². The van der Waals surface area contributed by atoms with Crippen LogP contribution < -0.4 is 5.32 Å². The Morgan fingerprint density at radius 1 is 1.40 bits per heavy atom. The van der Waals surface area contributed by atoms with Gasteiger partial charge in [-0.25, -0.2) is 0 Å². The molecule has 82 valence electrons. The SMILES string of the molecule is N#CCC(=O)NC12CC(C(F)(F)F)(C1)C2. The predicted octanol–water partition coefficient (Wildman–Crippen LogP) is 1.50. The minimum Gasteiger partial charge on any atom is -0.350 e. The maximum absolute atomic E-state index is 12.4. The number of halogens is 3. The molecule has 3 aliphatic rings. The fraction of sp³-hybridized carbons (Fsp3) is 0.778. The smallest absolute Gasteiger partial charge is 0.350 e. The van der Waals surface area contributed by atoms with E-state index in [9.17, 15) is 18.0 Å². The van der Waals surface area contributed by atoms with Crippen molar-refractivity contribution in [3.63, 3.8) is 0 Å². The summed E-state index contributed by atoms with van der Waals surface area (Å²) >= 11 is 0. The van der Waals surface area contributed by atoms with Crippen molar-refractivity contribution in [1.29, 1.82) is 5.26 Å². The Hall–Kier alpha value is -1.25. The molecule has 0 aromatic carbocycles. The minimum atomic E-state index is -4.16. The lowest BCUT2D eigenvalue weighted by molar-refractivity contribution is -0.337. The molecule has 0 heterocycles. The van der Waals surface area contributed by atoms with Crippen LogP contribution in [0.4, 0.5) is 13.2 Å². The van der Waals surface area contributed by atoms with E-state index < -0.39 is 23.0 Å². The number of rotatable bonds is 2. The maximum atomic E-state index is 12.4. The standard InChI is InChI=1S/C9H9F3N2O/c10-9(11,12)7-3-8(4-7,5-7)14-6(15)1-2-13/h1,3-5H2,(H,14,15). The number of nitrogens with one attached hydrogen (secondary N) is 1. The van der Waals surface area contributed by atoms with Crippen LogP contribution in [0.5, 0.6) is 0 Å². The first-order chi connectivity index (χ1) is 6.83. The number of nitriles is 1. The monoisotopic (exact) mass is 218 g/mol. The van der Waals surface area contributed by atoms with Gasteiger partial charge in [0.25, 0.3) is 0 Å². The second kappa shape index (κ2) is 2.65. The van der Waals surface area contributed by atoms with Crippen LogP contribution in [0.3, 0.4) is 0 Å². The van der Waals surface area contributed by atoms with Crippen molar-refractivity contribution in [1.82, 2.24) is 5.32 Å². The van der Waals surface area contributed by atoms with Crippen molar-refractivity contribution in [2.45, 2.75) is 37.4 Å². The van der Waals surface area contributed by atoms with E-state index in [1.165, 1.54) is 0 Å². The molecule has 3 saturated carbocycles. The lowest BCUT2D eigenvalue weighted by Gasteiger charge is -2.70. The first-order valence-corrected chi connectivity index (χ1v) is 4.57. The van der Waals surface area contributed by atoms with E-state index in [2.05, 4.69) is 5.32 Å². The van der Waals surface area contributed by atoms with Gasteiger partial charge < -0.3 is 5.32 Å². The molecule has 0 radical (unpaired) electrons. The molecule has 0 aromatic heterocycles. The molecule has 15 heavy (non-hydrogen) atoms. The summed E-state index contributed by atoms with van der Waals surface area (Å²) in [6.07, 6.45) is -4.53. The predicted molar refractivity (Wildman–Crippen MR) is 43.4 cm³/mol. The van der Waals surface area contributed by atoms with Crippen LogP contribution in [0, 0.1) is 16.7 Å². The van der Waals surface area contributed by atoms with Crippen molar-refractivity contribution in [2.24, 2.45) is 5.41 Å². The van der Waals surface area contributed by atoms with Gasteiger partial charge in [0.15, 0.2) is 0 Å². The summed E-state index contributed by atoms with van der Waals surface area (Å²) in [5.41, 5.74) is -2.21. The number of carbonyl (C=O) groups is 1. The molecular weight excluding hydrogens is 209 g/mol. The molecule has 0 aliphatic heterocycles. The van der Waals surface area contributed by atoms with Gasteiger partial charge in [0.05, 0.1) is 11.5 Å². The molecule has 1 amide bonds. The second-order valence-corrected chi connectivity index (χ2v) is 4.47. The van der Waals surface area contributed by atoms with Crippen LogP contribution in [0.2, 0.25) is 0 Å². The normalized spacial score (nSPS) is 37.2. The van der Waals surface area contributed by atoms with Gasteiger partial charge in [0, 0.05) is 5.54 Å². The highest BCUT2D eigenvalue weighted by atomic mass is 19.4. The zero-order valence-electron chi connectivity index (χ0n) is 7.82. The van der Waals surface area contributed by atoms with Crippen LogP contribution in [-0.4, -0.2) is 17.6 Å². The van der Waals surface area contributed by atoms with E-state index in [4.69, 9.17) is 5.26 Å². The third kappa shape index (κ3) is 1.29. The van der Waals surface area contributed by atoms with Gasteiger partial charge in [-0.15, -0.1) is 0 Å². The minimum absolute atomic E-state index is 0.0271. The quantitative estimate of drug-likeness (QED) is 0.763. The van der Waals surface area contributed by atoms with Gasteiger partial charge in [0.2, 0.25) is 5.91 Å². The number of amides is 1. The average Bonchev–Trinajstić information content (AvgIpc) is 1.91. The Morgan fingerprint density at radius 2 is 1.93 bits per heavy atom. The molecule has 3 nitrogen and oxygen atoms in total. The van der Waals surface area contributed by atoms with E-state index in [1.54, 1.807) is 6.07 Å². The summed E-state index contributed by atoms with van der Waals surface area (Å²) in [5, 5.41) is 10.7. The molecule has 0 spiro atoms. The van der Waals surface area contributed by atoms with E-state index in [0.29, 0.717) is 0 Å². The number of carbonyl (C=O) groups excluding carboxylic acids is 1. The Balaban J connectivity index is 1.89. The van der Waals surface area contributed by atoms with Crippen LogP contribution in [-0.2, 0) is 4.79 Å². The first-order valence-electron chi connectivity index (χ1n) is 4.57. The molecule has 0 saturated heterocycles. The Kier molecular flexibility index (Phi) is 1.82. The fourth-order valence-corrected chi connectivity index (χ4v) is 2.63. The summed E-state index contributed by atoms with van der Waals surface area (Å²) in [4.78, 5) is 11.0. The molecule has 6 heteroatoms. The molecule has 1 N–H and O–H groups in total. The zero-order chi connectivity index (χ0) is 11.3. The van der Waals surface area contributed by atoms with Gasteiger partial charge in [-0.05, 0) is 19.3 Å². The first kappa shape index (κ1) is 10.3. The zero-order valence-corrected chi connectivity index (χ0v) is 7.82.